The van der Waals surface area contributed by atoms with Gasteiger partial charge in [-0.15, -0.1) is 23.6 Å². The van der Waals surface area contributed by atoms with Gasteiger partial charge >= 0.3 is 0 Å². The van der Waals surface area contributed by atoms with Crippen molar-refractivity contribution in [2.24, 2.45) is 0 Å². The summed E-state index contributed by atoms with van der Waals surface area (Å²) in [6, 6.07) is 53.1. The van der Waals surface area contributed by atoms with Crippen LogP contribution in [0.15, 0.2) is 146 Å². The molecule has 0 saturated heterocycles. The fourth-order valence-electron chi connectivity index (χ4n) is 8.39. The second-order valence-corrected chi connectivity index (χ2v) is 18.2. The Morgan fingerprint density at radius 3 is 1.92 bits per heavy atom. The fraction of sp³-hybridized carbons (Fsp3) is 0.200. The number of phenolic OH excluding ortho intramolecular Hbond substituents is 1. The van der Waals surface area contributed by atoms with Gasteiger partial charge in [-0.05, 0) is 91.2 Å². The van der Waals surface area contributed by atoms with E-state index in [-0.39, 0.29) is 43.6 Å². The Balaban J connectivity index is 0.00000499. The van der Waals surface area contributed by atoms with Crippen molar-refractivity contribution in [3.8, 4) is 56.3 Å². The first kappa shape index (κ1) is 40.9. The third kappa shape index (κ3) is 7.37. The van der Waals surface area contributed by atoms with Crippen LogP contribution in [-0.4, -0.2) is 19.6 Å². The number of benzene rings is 7. The average Bonchev–Trinajstić information content (AvgIpc) is 3.62. The normalized spacial score (nSPS) is 12.1. The number of pyridine rings is 1. The molecule has 0 saturated carbocycles. The Hall–Kier alpha value is -5.83. The summed E-state index contributed by atoms with van der Waals surface area (Å²) in [5, 5.41) is 16.6. The van der Waals surface area contributed by atoms with Crippen LogP contribution in [0.1, 0.15) is 78.0 Å². The minimum absolute atomic E-state index is 0. The van der Waals surface area contributed by atoms with Gasteiger partial charge in [0.15, 0.2) is 0 Å². The monoisotopic (exact) mass is 963 g/mol. The molecule has 0 atom stereocenters. The van der Waals surface area contributed by atoms with Crippen LogP contribution < -0.4 is 0 Å². The maximum atomic E-state index is 12.4. The van der Waals surface area contributed by atoms with Crippen molar-refractivity contribution in [3.05, 3.63) is 168 Å². The van der Waals surface area contributed by atoms with Gasteiger partial charge in [-0.1, -0.05) is 163 Å². The molecule has 0 spiro atoms. The zero-order chi connectivity index (χ0) is 41.2. The van der Waals surface area contributed by atoms with E-state index in [9.17, 15) is 5.11 Å². The van der Waals surface area contributed by atoms with Crippen LogP contribution in [-0.2, 0) is 31.9 Å². The van der Waals surface area contributed by atoms with Crippen molar-refractivity contribution >= 4 is 32.6 Å². The predicted octanol–water partition coefficient (Wildman–Crippen LogP) is 14.6. The van der Waals surface area contributed by atoms with Gasteiger partial charge in [-0.3, -0.25) is 9.55 Å². The molecular weight excluding hydrogens is 914 g/mol. The number of hydrogen-bond acceptors (Lipinski definition) is 3. The summed E-state index contributed by atoms with van der Waals surface area (Å²) in [5.74, 6) is 1.18. The summed E-state index contributed by atoms with van der Waals surface area (Å²) in [6.45, 7) is 17.7. The quantitative estimate of drug-likeness (QED) is 0.133. The van der Waals surface area contributed by atoms with Gasteiger partial charge in [0.2, 0.25) is 0 Å². The molecule has 0 radical (unpaired) electrons. The number of imidazole rings is 1. The van der Waals surface area contributed by atoms with E-state index in [0.717, 1.165) is 77.3 Å². The maximum absolute atomic E-state index is 12.4. The van der Waals surface area contributed by atoms with Crippen LogP contribution >= 0.6 is 0 Å². The number of fused-ring (bicyclic) bond motifs is 5. The number of aromatic nitrogens is 3. The molecule has 0 amide bonds. The standard InChI is InChI=1S/C55H50N3O.Pt/c1-34(2)43-29-39(35-15-11-9-12-16-35)24-25-48(43)58-49-26-23-38-21-19-37-20-22-41(47-31-40(27-28-56-47)36-17-13-10-14-18-36)30-44(37)50(38)51(49)57-53(58)45-32-42(54(3,4)5)33-46(52(45)59)55(6,7)8;/h9-29,31-34,59H,1-8H3;/q-1;. The Kier molecular flexibility index (Phi) is 10.7. The second kappa shape index (κ2) is 15.6. The van der Waals surface area contributed by atoms with Crippen molar-refractivity contribution in [2.45, 2.75) is 72.1 Å². The first-order valence-corrected chi connectivity index (χ1v) is 20.7. The SMILES string of the molecule is CC(C)c1cc(-c2ccccc2)ccc1-n1c(-c2cc(C(C)(C)C)cc(C(C)(C)C)c2O)nc2c3c(ccc4ccc(-c5cc(-c6ccccc6)ccn5)[c-]c43)ccc21.[Pt]. The molecule has 7 aromatic carbocycles. The van der Waals surface area contributed by atoms with Gasteiger partial charge in [-0.2, -0.15) is 0 Å². The molecule has 0 aliphatic rings. The van der Waals surface area contributed by atoms with E-state index >= 15 is 0 Å². The van der Waals surface area contributed by atoms with E-state index in [0.29, 0.717) is 5.82 Å². The number of nitrogens with zero attached hydrogens (tertiary/aromatic N) is 3. The predicted molar refractivity (Wildman–Crippen MR) is 248 cm³/mol. The Bertz CT molecular complexity index is 3040. The van der Waals surface area contributed by atoms with Crippen LogP contribution in [0.2, 0.25) is 0 Å². The van der Waals surface area contributed by atoms with Crippen LogP contribution in [0.3, 0.4) is 0 Å². The molecule has 302 valence electrons. The summed E-state index contributed by atoms with van der Waals surface area (Å²) in [6.07, 6.45) is 1.88. The van der Waals surface area contributed by atoms with Gasteiger partial charge in [0, 0.05) is 38.5 Å². The second-order valence-electron chi connectivity index (χ2n) is 18.2. The average molecular weight is 964 g/mol. The Morgan fingerprint density at radius 1 is 0.633 bits per heavy atom. The summed E-state index contributed by atoms with van der Waals surface area (Å²) >= 11 is 0. The molecule has 0 bridgehead atoms. The molecule has 9 rings (SSSR count). The van der Waals surface area contributed by atoms with Crippen molar-refractivity contribution in [1.29, 1.82) is 0 Å². The van der Waals surface area contributed by atoms with Crippen LogP contribution in [0.4, 0.5) is 0 Å². The van der Waals surface area contributed by atoms with Crippen molar-refractivity contribution in [2.75, 3.05) is 0 Å². The molecular formula is C55H50N3OPt-. The van der Waals surface area contributed by atoms with Gasteiger partial charge < -0.3 is 5.11 Å². The van der Waals surface area contributed by atoms with Crippen LogP contribution in [0.5, 0.6) is 5.75 Å². The fourth-order valence-corrected chi connectivity index (χ4v) is 8.39. The Labute approximate surface area is 368 Å². The first-order chi connectivity index (χ1) is 28.3. The molecule has 2 heterocycles. The smallest absolute Gasteiger partial charge is 0.148 e. The molecule has 5 heteroatoms. The molecule has 1 N–H and O–H groups in total. The number of aromatic hydroxyl groups is 1. The van der Waals surface area contributed by atoms with Crippen LogP contribution in [0, 0.1) is 6.07 Å². The van der Waals surface area contributed by atoms with Gasteiger partial charge in [0.25, 0.3) is 0 Å². The molecule has 0 aliphatic carbocycles. The molecule has 2 aromatic heterocycles. The first-order valence-electron chi connectivity index (χ1n) is 20.7. The third-order valence-corrected chi connectivity index (χ3v) is 11.7. The largest absolute Gasteiger partial charge is 0.507 e. The molecule has 4 nitrogen and oxygen atoms in total. The molecule has 60 heavy (non-hydrogen) atoms. The zero-order valence-electron chi connectivity index (χ0n) is 35.5. The maximum Gasteiger partial charge on any atom is 0.148 e. The van der Waals surface area contributed by atoms with Gasteiger partial charge in [-0.25, -0.2) is 4.98 Å². The minimum atomic E-state index is -0.308. The summed E-state index contributed by atoms with van der Waals surface area (Å²) in [4.78, 5) is 10.5. The molecule has 0 unspecified atom stereocenters. The van der Waals surface area contributed by atoms with Crippen molar-refractivity contribution in [3.63, 3.8) is 0 Å². The van der Waals surface area contributed by atoms with Crippen molar-refractivity contribution < 1.29 is 26.2 Å². The number of rotatable bonds is 6. The summed E-state index contributed by atoms with van der Waals surface area (Å²) < 4.78 is 2.29. The number of hydrogen-bond donors (Lipinski definition) is 1. The number of phenols is 1. The van der Waals surface area contributed by atoms with Crippen LogP contribution in [0.25, 0.3) is 83.2 Å². The topological polar surface area (TPSA) is 50.9 Å². The Morgan fingerprint density at radius 2 is 1.27 bits per heavy atom. The molecule has 0 fully saturated rings. The van der Waals surface area contributed by atoms with E-state index in [2.05, 4.69) is 199 Å². The molecule has 0 aliphatic heterocycles. The minimum Gasteiger partial charge on any atom is -0.507 e. The van der Waals surface area contributed by atoms with E-state index in [4.69, 9.17) is 9.97 Å². The van der Waals surface area contributed by atoms with Gasteiger partial charge in [0.05, 0.1) is 22.3 Å². The summed E-state index contributed by atoms with van der Waals surface area (Å²) in [5.41, 5.74) is 12.8. The summed E-state index contributed by atoms with van der Waals surface area (Å²) in [7, 11) is 0. The van der Waals surface area contributed by atoms with E-state index in [1.807, 2.05) is 12.3 Å². The van der Waals surface area contributed by atoms with Gasteiger partial charge in [0.1, 0.15) is 11.6 Å². The van der Waals surface area contributed by atoms with Crippen molar-refractivity contribution in [1.82, 2.24) is 14.5 Å². The molecule has 9 aromatic rings. The third-order valence-electron chi connectivity index (χ3n) is 11.7. The van der Waals surface area contributed by atoms with E-state index in [1.165, 1.54) is 16.7 Å². The zero-order valence-corrected chi connectivity index (χ0v) is 37.8. The van der Waals surface area contributed by atoms with E-state index in [1.54, 1.807) is 0 Å². The van der Waals surface area contributed by atoms with E-state index < -0.39 is 0 Å².